The highest BCUT2D eigenvalue weighted by atomic mass is 32.1. The van der Waals surface area contributed by atoms with E-state index in [0.717, 1.165) is 23.5 Å². The Labute approximate surface area is 193 Å². The predicted octanol–water partition coefficient (Wildman–Crippen LogP) is 8.13. The fourth-order valence-electron chi connectivity index (χ4n) is 3.96. The number of hydrogen-bond acceptors (Lipinski definition) is 3. The first kappa shape index (κ1) is 25.6. The molecule has 2 heterocycles. The van der Waals surface area contributed by atoms with Crippen molar-refractivity contribution >= 4 is 17.2 Å². The topological polar surface area (TPSA) is 57.8 Å². The fraction of sp³-hybridized carbons (Fsp3) is 0.692. The SMILES string of the molecule is CCCCCCCCCCCCCCCCCCNC(=O)c1cc(-c2cccs2)[nH]n1. The zero-order chi connectivity index (χ0) is 22.0. The van der Waals surface area contributed by atoms with Gasteiger partial charge in [0.1, 0.15) is 0 Å². The molecule has 0 spiro atoms. The lowest BCUT2D eigenvalue weighted by molar-refractivity contribution is 0.0948. The van der Waals surface area contributed by atoms with Gasteiger partial charge in [0.15, 0.2) is 5.69 Å². The molecule has 0 aliphatic heterocycles. The molecule has 0 atom stereocenters. The molecule has 1 amide bonds. The zero-order valence-electron chi connectivity index (χ0n) is 19.6. The van der Waals surface area contributed by atoms with Crippen LogP contribution in [0.15, 0.2) is 23.6 Å². The van der Waals surface area contributed by atoms with E-state index in [1.54, 1.807) is 11.3 Å². The van der Waals surface area contributed by atoms with E-state index in [0.29, 0.717) is 5.69 Å². The van der Waals surface area contributed by atoms with E-state index in [9.17, 15) is 4.79 Å². The Morgan fingerprint density at radius 3 is 1.94 bits per heavy atom. The first-order valence-electron chi connectivity index (χ1n) is 12.7. The number of rotatable bonds is 19. The van der Waals surface area contributed by atoms with Crippen molar-refractivity contribution in [2.45, 2.75) is 110 Å². The Kier molecular flexibility index (Phi) is 14.1. The third-order valence-electron chi connectivity index (χ3n) is 5.91. The number of nitrogens with one attached hydrogen (secondary N) is 2. The van der Waals surface area contributed by atoms with Crippen LogP contribution in [0.2, 0.25) is 0 Å². The lowest BCUT2D eigenvalue weighted by atomic mass is 10.0. The molecule has 0 saturated heterocycles. The minimum Gasteiger partial charge on any atom is -0.351 e. The number of aromatic nitrogens is 2. The van der Waals surface area contributed by atoms with Crippen LogP contribution in [0.25, 0.3) is 10.6 Å². The summed E-state index contributed by atoms with van der Waals surface area (Å²) >= 11 is 1.64. The summed E-state index contributed by atoms with van der Waals surface area (Å²) in [7, 11) is 0. The molecule has 2 aromatic heterocycles. The number of nitrogens with zero attached hydrogens (tertiary/aromatic N) is 1. The number of amides is 1. The van der Waals surface area contributed by atoms with Crippen LogP contribution in [0.1, 0.15) is 120 Å². The van der Waals surface area contributed by atoms with Crippen molar-refractivity contribution < 1.29 is 4.79 Å². The van der Waals surface area contributed by atoms with Crippen LogP contribution in [0, 0.1) is 0 Å². The van der Waals surface area contributed by atoms with Crippen LogP contribution >= 0.6 is 11.3 Å². The lowest BCUT2D eigenvalue weighted by Crippen LogP contribution is -2.24. The van der Waals surface area contributed by atoms with Gasteiger partial charge in [-0.05, 0) is 23.9 Å². The number of H-pyrrole nitrogens is 1. The Morgan fingerprint density at radius 1 is 0.871 bits per heavy atom. The Balaban J connectivity index is 1.34. The minimum atomic E-state index is -0.0833. The fourth-order valence-corrected chi connectivity index (χ4v) is 4.65. The molecule has 0 aliphatic rings. The van der Waals surface area contributed by atoms with Gasteiger partial charge < -0.3 is 5.32 Å². The van der Waals surface area contributed by atoms with E-state index in [1.807, 2.05) is 23.6 Å². The maximum atomic E-state index is 12.2. The summed E-state index contributed by atoms with van der Waals surface area (Å²) in [4.78, 5) is 13.3. The smallest absolute Gasteiger partial charge is 0.271 e. The highest BCUT2D eigenvalue weighted by Crippen LogP contribution is 2.22. The molecule has 0 saturated carbocycles. The third-order valence-corrected chi connectivity index (χ3v) is 6.82. The summed E-state index contributed by atoms with van der Waals surface area (Å²) in [5.74, 6) is -0.0833. The molecular weight excluding hydrogens is 402 g/mol. The average Bonchev–Trinajstić information content (AvgIpc) is 3.48. The number of aromatic amines is 1. The van der Waals surface area contributed by atoms with Gasteiger partial charge in [0.25, 0.3) is 5.91 Å². The molecule has 5 heteroatoms. The summed E-state index contributed by atoms with van der Waals surface area (Å²) in [6.07, 6.45) is 21.8. The van der Waals surface area contributed by atoms with Crippen LogP contribution in [0.4, 0.5) is 0 Å². The van der Waals surface area contributed by atoms with Crippen molar-refractivity contribution in [1.29, 1.82) is 0 Å². The highest BCUT2D eigenvalue weighted by Gasteiger charge is 2.11. The summed E-state index contributed by atoms with van der Waals surface area (Å²) in [5.41, 5.74) is 1.38. The molecule has 4 nitrogen and oxygen atoms in total. The molecule has 0 radical (unpaired) electrons. The summed E-state index contributed by atoms with van der Waals surface area (Å²) in [6, 6.07) is 5.85. The summed E-state index contributed by atoms with van der Waals surface area (Å²) in [6.45, 7) is 3.02. The van der Waals surface area contributed by atoms with Crippen molar-refractivity contribution in [3.63, 3.8) is 0 Å². The second-order valence-corrected chi connectivity index (χ2v) is 9.65. The minimum absolute atomic E-state index is 0.0833. The van der Waals surface area contributed by atoms with Crippen molar-refractivity contribution in [3.05, 3.63) is 29.3 Å². The maximum absolute atomic E-state index is 12.2. The molecule has 0 aliphatic carbocycles. The second-order valence-electron chi connectivity index (χ2n) is 8.70. The van der Waals surface area contributed by atoms with Crippen molar-refractivity contribution in [1.82, 2.24) is 15.5 Å². The van der Waals surface area contributed by atoms with E-state index < -0.39 is 0 Å². The predicted molar refractivity (Wildman–Crippen MR) is 134 cm³/mol. The molecule has 2 rings (SSSR count). The van der Waals surface area contributed by atoms with E-state index in [-0.39, 0.29) is 5.91 Å². The van der Waals surface area contributed by atoms with E-state index in [1.165, 1.54) is 96.3 Å². The van der Waals surface area contributed by atoms with Crippen LogP contribution in [0.3, 0.4) is 0 Å². The maximum Gasteiger partial charge on any atom is 0.271 e. The average molecular weight is 446 g/mol. The Morgan fingerprint density at radius 2 is 1.42 bits per heavy atom. The van der Waals surface area contributed by atoms with Crippen molar-refractivity contribution in [2.75, 3.05) is 6.54 Å². The molecule has 0 aromatic carbocycles. The molecule has 2 aromatic rings. The van der Waals surface area contributed by atoms with Gasteiger partial charge in [-0.2, -0.15) is 5.10 Å². The number of carbonyl (C=O) groups excluding carboxylic acids is 1. The molecule has 2 N–H and O–H groups in total. The molecule has 0 fully saturated rings. The van der Waals surface area contributed by atoms with Crippen molar-refractivity contribution in [3.8, 4) is 10.6 Å². The van der Waals surface area contributed by atoms with E-state index >= 15 is 0 Å². The Hall–Kier alpha value is -1.62. The summed E-state index contributed by atoms with van der Waals surface area (Å²) in [5, 5.41) is 12.1. The van der Waals surface area contributed by atoms with Crippen molar-refractivity contribution in [2.24, 2.45) is 0 Å². The first-order valence-corrected chi connectivity index (χ1v) is 13.6. The van der Waals surface area contributed by atoms with Gasteiger partial charge in [0, 0.05) is 6.54 Å². The number of carbonyl (C=O) groups is 1. The van der Waals surface area contributed by atoms with Crippen LogP contribution < -0.4 is 5.32 Å². The second kappa shape index (κ2) is 17.0. The van der Waals surface area contributed by atoms with Gasteiger partial charge in [0.05, 0.1) is 10.6 Å². The van der Waals surface area contributed by atoms with Gasteiger partial charge >= 0.3 is 0 Å². The standard InChI is InChI=1S/C26H43N3OS/c1-2-3-4-5-6-7-8-9-10-11-12-13-14-15-16-17-20-27-26(30)24-22-23(28-29-24)25-19-18-21-31-25/h18-19,21-22H,2-17,20H2,1H3,(H,27,30)(H,28,29). The lowest BCUT2D eigenvalue weighted by Gasteiger charge is -2.04. The van der Waals surface area contributed by atoms with Gasteiger partial charge in [-0.1, -0.05) is 109 Å². The van der Waals surface area contributed by atoms with Gasteiger partial charge in [0.2, 0.25) is 0 Å². The van der Waals surface area contributed by atoms with Crippen LogP contribution in [0.5, 0.6) is 0 Å². The summed E-state index contributed by atoms with van der Waals surface area (Å²) < 4.78 is 0. The van der Waals surface area contributed by atoms with E-state index in [2.05, 4.69) is 22.4 Å². The molecule has 0 bridgehead atoms. The quantitative estimate of drug-likeness (QED) is 0.214. The Bertz CT molecular complexity index is 681. The van der Waals surface area contributed by atoms with Gasteiger partial charge in [-0.3, -0.25) is 9.89 Å². The monoisotopic (exact) mass is 445 g/mol. The number of unbranched alkanes of at least 4 members (excludes halogenated alkanes) is 15. The third kappa shape index (κ3) is 11.5. The van der Waals surface area contributed by atoms with Gasteiger partial charge in [-0.25, -0.2) is 0 Å². The molecule has 174 valence electrons. The molecular formula is C26H43N3OS. The van der Waals surface area contributed by atoms with Gasteiger partial charge in [-0.15, -0.1) is 11.3 Å². The highest BCUT2D eigenvalue weighted by molar-refractivity contribution is 7.13. The first-order chi connectivity index (χ1) is 15.3. The largest absolute Gasteiger partial charge is 0.351 e. The zero-order valence-corrected chi connectivity index (χ0v) is 20.4. The van der Waals surface area contributed by atoms with Crippen LogP contribution in [-0.4, -0.2) is 22.6 Å². The number of thiophene rings is 1. The van der Waals surface area contributed by atoms with Crippen LogP contribution in [-0.2, 0) is 0 Å². The van der Waals surface area contributed by atoms with E-state index in [4.69, 9.17) is 0 Å². The normalized spacial score (nSPS) is 11.1. The molecule has 31 heavy (non-hydrogen) atoms. The molecule has 0 unspecified atom stereocenters. The number of hydrogen-bond donors (Lipinski definition) is 2.